The first kappa shape index (κ1) is 33.7. The van der Waals surface area contributed by atoms with Gasteiger partial charge in [0.15, 0.2) is 5.78 Å². The molecule has 3 aromatic carbocycles. The number of benzene rings is 3. The fourth-order valence-corrected chi connectivity index (χ4v) is 8.01. The van der Waals surface area contributed by atoms with Crippen molar-refractivity contribution in [2.24, 2.45) is 17.3 Å². The fraction of sp³-hybridized carbons (Fsp3) is 0.395. The van der Waals surface area contributed by atoms with Crippen LogP contribution in [0.5, 0.6) is 5.75 Å². The van der Waals surface area contributed by atoms with E-state index in [1.54, 1.807) is 4.90 Å². The highest BCUT2D eigenvalue weighted by molar-refractivity contribution is 5.95. The molecule has 0 radical (unpaired) electrons. The molecule has 0 unspecified atom stereocenters. The van der Waals surface area contributed by atoms with Crippen LogP contribution < -0.4 is 4.74 Å². The van der Waals surface area contributed by atoms with Crippen molar-refractivity contribution in [1.29, 1.82) is 0 Å². The zero-order valence-electron chi connectivity index (χ0n) is 28.8. The lowest BCUT2D eigenvalue weighted by molar-refractivity contribution is -0.147. The molecule has 3 heterocycles. The molecule has 1 aliphatic carbocycles. The molecule has 4 aromatic rings. The predicted octanol–water partition coefficient (Wildman–Crippen LogP) is 8.38. The van der Waals surface area contributed by atoms with Crippen molar-refractivity contribution in [3.8, 4) is 17.0 Å². The van der Waals surface area contributed by atoms with Crippen molar-refractivity contribution >= 4 is 28.6 Å². The van der Waals surface area contributed by atoms with Gasteiger partial charge in [-0.05, 0) is 74.6 Å². The number of allylic oxidation sites excluding steroid dienone is 2. The molecule has 258 valence electrons. The summed E-state index contributed by atoms with van der Waals surface area (Å²) in [7, 11) is 0. The topological polar surface area (TPSA) is 96.8 Å². The van der Waals surface area contributed by atoms with E-state index in [9.17, 15) is 19.5 Å². The summed E-state index contributed by atoms with van der Waals surface area (Å²) in [5.74, 6) is -0.859. The Bertz CT molecular complexity index is 1890. The summed E-state index contributed by atoms with van der Waals surface area (Å²) in [5.41, 5.74) is 3.76. The van der Waals surface area contributed by atoms with Crippen molar-refractivity contribution in [2.45, 2.75) is 83.3 Å². The molecule has 0 spiro atoms. The number of fused-ring (bicyclic) bond motifs is 3. The summed E-state index contributed by atoms with van der Waals surface area (Å²) in [6.45, 7) is 2.31. The third kappa shape index (κ3) is 7.23. The fourth-order valence-electron chi connectivity index (χ4n) is 8.01. The number of ether oxygens (including phenoxy) is 1. The molecule has 1 aromatic heterocycles. The van der Waals surface area contributed by atoms with Gasteiger partial charge < -0.3 is 14.7 Å². The van der Waals surface area contributed by atoms with Crippen LogP contribution in [0, 0.1) is 24.2 Å². The average Bonchev–Trinajstić information content (AvgIpc) is 3.66. The average molecular weight is 671 g/mol. The Labute approximate surface area is 294 Å². The minimum absolute atomic E-state index is 0.0183. The minimum atomic E-state index is -1.10. The van der Waals surface area contributed by atoms with E-state index in [2.05, 4.69) is 18.2 Å². The quantitative estimate of drug-likeness (QED) is 0.199. The molecule has 1 N–H and O–H groups in total. The summed E-state index contributed by atoms with van der Waals surface area (Å²) in [5, 5.41) is 11.2. The number of aromatic nitrogens is 1. The summed E-state index contributed by atoms with van der Waals surface area (Å²) >= 11 is 0. The number of aliphatic carboxylic acids is 1. The second kappa shape index (κ2) is 14.6. The molecule has 2 aliphatic heterocycles. The second-order valence-electron chi connectivity index (χ2n) is 14.6. The van der Waals surface area contributed by atoms with Gasteiger partial charge in [0.2, 0.25) is 5.91 Å². The van der Waals surface area contributed by atoms with Crippen LogP contribution in [0.25, 0.3) is 22.2 Å². The van der Waals surface area contributed by atoms with E-state index in [0.29, 0.717) is 25.0 Å². The molecule has 1 saturated heterocycles. The largest absolute Gasteiger partial charge is 0.488 e. The summed E-state index contributed by atoms with van der Waals surface area (Å²) in [6, 6.07) is 27.5. The molecule has 7 heteroatoms. The Kier molecular flexibility index (Phi) is 9.84. The van der Waals surface area contributed by atoms with Gasteiger partial charge in [0.25, 0.3) is 0 Å². The Balaban J connectivity index is 1.21. The number of carbonyl (C=O) groups is 3. The summed E-state index contributed by atoms with van der Waals surface area (Å²) in [6.07, 6.45) is 10.4. The highest BCUT2D eigenvalue weighted by Gasteiger charge is 2.61. The lowest BCUT2D eigenvalue weighted by Gasteiger charge is -2.29. The van der Waals surface area contributed by atoms with Gasteiger partial charge in [0, 0.05) is 35.8 Å². The van der Waals surface area contributed by atoms with Crippen molar-refractivity contribution in [3.05, 3.63) is 108 Å². The zero-order valence-corrected chi connectivity index (χ0v) is 28.8. The smallest absolute Gasteiger partial charge is 0.310 e. The molecule has 5 atom stereocenters. The van der Waals surface area contributed by atoms with E-state index >= 15 is 0 Å². The number of ketones is 1. The van der Waals surface area contributed by atoms with Crippen LogP contribution in [-0.2, 0) is 20.8 Å². The molecule has 2 fully saturated rings. The summed E-state index contributed by atoms with van der Waals surface area (Å²) in [4.78, 5) is 48.2. The van der Waals surface area contributed by atoms with Gasteiger partial charge in [0.1, 0.15) is 11.9 Å². The Morgan fingerprint density at radius 3 is 2.54 bits per heavy atom. The number of hydrogen-bond donors (Lipinski definition) is 1. The number of carboxylic acid groups (broad SMARTS) is 1. The number of carboxylic acids is 1. The van der Waals surface area contributed by atoms with Crippen LogP contribution in [0.15, 0.2) is 97.1 Å². The van der Waals surface area contributed by atoms with Crippen LogP contribution in [0.2, 0.25) is 0 Å². The van der Waals surface area contributed by atoms with Crippen LogP contribution >= 0.6 is 0 Å². The minimum Gasteiger partial charge on any atom is -0.488 e. The molecular weight excluding hydrogens is 624 g/mol. The van der Waals surface area contributed by atoms with Crippen molar-refractivity contribution in [1.82, 2.24) is 9.88 Å². The number of nitrogens with zero attached hydrogens (tertiary/aromatic N) is 2. The molecule has 7 nitrogen and oxygen atoms in total. The third-order valence-electron chi connectivity index (χ3n) is 11.0. The number of hydrogen-bond acceptors (Lipinski definition) is 5. The predicted molar refractivity (Wildman–Crippen MR) is 195 cm³/mol. The first-order chi connectivity index (χ1) is 24.3. The molecule has 0 bridgehead atoms. The number of aryl methyl sites for hydroxylation is 2. The molecular formula is C43H46N2O5. The number of rotatable bonds is 7. The third-order valence-corrected chi connectivity index (χ3v) is 11.0. The van der Waals surface area contributed by atoms with E-state index in [1.165, 1.54) is 5.56 Å². The zero-order chi connectivity index (χ0) is 34.7. The van der Waals surface area contributed by atoms with Crippen LogP contribution in [0.4, 0.5) is 0 Å². The van der Waals surface area contributed by atoms with Crippen LogP contribution in [-0.4, -0.2) is 51.3 Å². The van der Waals surface area contributed by atoms with Crippen molar-refractivity contribution < 1.29 is 24.2 Å². The summed E-state index contributed by atoms with van der Waals surface area (Å²) < 4.78 is 6.79. The van der Waals surface area contributed by atoms with E-state index in [0.717, 1.165) is 66.2 Å². The number of carbonyl (C=O) groups excluding carboxylic acids is 2. The molecule has 1 amide bonds. The highest BCUT2D eigenvalue weighted by Crippen LogP contribution is 2.57. The van der Waals surface area contributed by atoms with Crippen molar-refractivity contribution in [2.75, 3.05) is 6.54 Å². The van der Waals surface area contributed by atoms with Crippen LogP contribution in [0.3, 0.4) is 0 Å². The van der Waals surface area contributed by atoms with Gasteiger partial charge in [0.05, 0.1) is 29.2 Å². The number of amides is 1. The maximum Gasteiger partial charge on any atom is 0.310 e. The first-order valence-electron chi connectivity index (χ1n) is 18.2. The van der Waals surface area contributed by atoms with Gasteiger partial charge in [-0.2, -0.15) is 0 Å². The van der Waals surface area contributed by atoms with Gasteiger partial charge in [-0.3, -0.25) is 14.4 Å². The number of Topliss-reactive ketones (excluding diaryl/α,β-unsaturated/α-hetero) is 1. The SMILES string of the molecule is Cc1ccc2c(O[C@@H]3C[C@H]4C(=O)C[C@]5(C(=O)O)C[C@H]5/C=C\CCCCC[C@H](CCc5ccccc5)C(=O)N4C3)cc(-c3ccccc3)nc2c1. The second-order valence-corrected chi connectivity index (χ2v) is 14.6. The Morgan fingerprint density at radius 1 is 0.980 bits per heavy atom. The first-order valence-corrected chi connectivity index (χ1v) is 18.2. The van der Waals surface area contributed by atoms with Crippen LogP contribution in [0.1, 0.15) is 68.9 Å². The molecule has 3 aliphatic rings. The lowest BCUT2D eigenvalue weighted by Crippen LogP contribution is -2.45. The lowest BCUT2D eigenvalue weighted by atomic mass is 9.90. The van der Waals surface area contributed by atoms with E-state index < -0.39 is 23.5 Å². The number of pyridine rings is 1. The van der Waals surface area contributed by atoms with E-state index in [-0.39, 0.29) is 36.5 Å². The molecule has 1 saturated carbocycles. The Morgan fingerprint density at radius 2 is 1.76 bits per heavy atom. The van der Waals surface area contributed by atoms with Gasteiger partial charge in [-0.1, -0.05) is 91.7 Å². The Hall–Kier alpha value is -4.78. The standard InChI is InChI=1S/C43H46N2O5/c1-29-19-22-35-37(23-29)44-36(31-15-10-6-11-16-31)25-40(35)50-34-24-38-39(46)27-43(42(48)49)26-33(43)18-12-4-2-3-9-17-32(41(47)45(38)28-34)21-20-30-13-7-5-8-14-30/h5-8,10-16,18-19,22-23,25,32-34,38H,2-4,9,17,20-21,24,26-28H2,1H3,(H,48,49)/b18-12-/t32-,33-,34-,38+,43-/m1/s1. The maximum absolute atomic E-state index is 14.6. The molecule has 50 heavy (non-hydrogen) atoms. The van der Waals surface area contributed by atoms with Gasteiger partial charge in [-0.25, -0.2) is 4.98 Å². The normalized spacial score (nSPS) is 26.4. The monoisotopic (exact) mass is 670 g/mol. The maximum atomic E-state index is 14.6. The highest BCUT2D eigenvalue weighted by atomic mass is 16.5. The van der Waals surface area contributed by atoms with E-state index in [4.69, 9.17) is 9.72 Å². The van der Waals surface area contributed by atoms with E-state index in [1.807, 2.05) is 85.8 Å². The van der Waals surface area contributed by atoms with Crippen molar-refractivity contribution in [3.63, 3.8) is 0 Å². The van der Waals surface area contributed by atoms with Gasteiger partial charge in [-0.15, -0.1) is 0 Å². The van der Waals surface area contributed by atoms with Gasteiger partial charge >= 0.3 is 5.97 Å². The molecule has 7 rings (SSSR count).